The molecular formula is C17H16F3N3O2. The Kier molecular flexibility index (Phi) is 4.71. The number of hydrogen-bond donors (Lipinski definition) is 1. The smallest absolute Gasteiger partial charge is 0.394 e. The molecule has 0 aliphatic carbocycles. The minimum absolute atomic E-state index is 0.0335. The number of hydrogen-bond acceptors (Lipinski definition) is 5. The maximum atomic E-state index is 12.7. The van der Waals surface area contributed by atoms with Crippen molar-refractivity contribution in [3.05, 3.63) is 53.3 Å². The molecule has 1 saturated heterocycles. The van der Waals surface area contributed by atoms with Gasteiger partial charge in [0.1, 0.15) is 0 Å². The minimum atomic E-state index is -4.36. The van der Waals surface area contributed by atoms with E-state index in [0.29, 0.717) is 30.8 Å². The second-order valence-electron chi connectivity index (χ2n) is 5.98. The topological polar surface area (TPSA) is 66.3 Å². The lowest BCUT2D eigenvalue weighted by atomic mass is 9.95. The van der Waals surface area contributed by atoms with Crippen LogP contribution in [0.4, 0.5) is 19.1 Å². The SMILES string of the molecule is O=Cc1cnc(N2CC(c3ccc(C(F)(F)F)cc3)C[C@H]2CO)nc1. The minimum Gasteiger partial charge on any atom is -0.394 e. The van der Waals surface area contributed by atoms with Gasteiger partial charge in [0, 0.05) is 24.9 Å². The van der Waals surface area contributed by atoms with Crippen LogP contribution in [0.3, 0.4) is 0 Å². The van der Waals surface area contributed by atoms with Crippen molar-refractivity contribution in [2.45, 2.75) is 24.6 Å². The largest absolute Gasteiger partial charge is 0.416 e. The summed E-state index contributed by atoms with van der Waals surface area (Å²) in [6.45, 7) is 0.368. The van der Waals surface area contributed by atoms with Crippen LogP contribution < -0.4 is 4.90 Å². The van der Waals surface area contributed by atoms with Gasteiger partial charge in [0.2, 0.25) is 5.95 Å². The van der Waals surface area contributed by atoms with Crippen molar-refractivity contribution in [2.24, 2.45) is 0 Å². The zero-order chi connectivity index (χ0) is 18.0. The van der Waals surface area contributed by atoms with Gasteiger partial charge < -0.3 is 10.0 Å². The fourth-order valence-corrected chi connectivity index (χ4v) is 3.06. The van der Waals surface area contributed by atoms with E-state index in [0.717, 1.165) is 17.7 Å². The highest BCUT2D eigenvalue weighted by molar-refractivity contribution is 5.73. The zero-order valence-corrected chi connectivity index (χ0v) is 13.1. The van der Waals surface area contributed by atoms with Crippen LogP contribution in [0.5, 0.6) is 0 Å². The Balaban J connectivity index is 1.79. The van der Waals surface area contributed by atoms with E-state index in [1.165, 1.54) is 24.5 Å². The van der Waals surface area contributed by atoms with Crippen LogP contribution in [0.25, 0.3) is 0 Å². The maximum Gasteiger partial charge on any atom is 0.416 e. The fourth-order valence-electron chi connectivity index (χ4n) is 3.06. The van der Waals surface area contributed by atoms with Crippen LogP contribution >= 0.6 is 0 Å². The average molecular weight is 351 g/mol. The van der Waals surface area contributed by atoms with Crippen molar-refractivity contribution in [1.82, 2.24) is 9.97 Å². The molecule has 25 heavy (non-hydrogen) atoms. The molecule has 0 saturated carbocycles. The third kappa shape index (κ3) is 3.63. The number of benzene rings is 1. The lowest BCUT2D eigenvalue weighted by molar-refractivity contribution is -0.137. The van der Waals surface area contributed by atoms with E-state index in [1.54, 1.807) is 0 Å². The Labute approximate surface area is 142 Å². The first kappa shape index (κ1) is 17.3. The van der Waals surface area contributed by atoms with Gasteiger partial charge >= 0.3 is 6.18 Å². The van der Waals surface area contributed by atoms with Gasteiger partial charge in [0.15, 0.2) is 6.29 Å². The summed E-state index contributed by atoms with van der Waals surface area (Å²) in [4.78, 5) is 20.8. The number of rotatable bonds is 4. The van der Waals surface area contributed by atoms with Crippen LogP contribution in [-0.2, 0) is 6.18 Å². The lowest BCUT2D eigenvalue weighted by Gasteiger charge is -2.22. The molecule has 0 spiro atoms. The predicted octanol–water partition coefficient (Wildman–Crippen LogP) is 2.66. The van der Waals surface area contributed by atoms with Crippen LogP contribution in [0.1, 0.15) is 33.8 Å². The van der Waals surface area contributed by atoms with Gasteiger partial charge in [-0.25, -0.2) is 9.97 Å². The Morgan fingerprint density at radius 3 is 2.36 bits per heavy atom. The first-order valence-electron chi connectivity index (χ1n) is 7.74. The van der Waals surface area contributed by atoms with Crippen molar-refractivity contribution in [1.29, 1.82) is 0 Å². The number of aliphatic hydroxyl groups excluding tert-OH is 1. The molecule has 1 aromatic carbocycles. The number of aldehydes is 1. The van der Waals surface area contributed by atoms with Gasteiger partial charge in [0.05, 0.1) is 23.8 Å². The predicted molar refractivity (Wildman–Crippen MR) is 84.4 cm³/mol. The van der Waals surface area contributed by atoms with E-state index in [1.807, 2.05) is 4.90 Å². The highest BCUT2D eigenvalue weighted by Crippen LogP contribution is 2.35. The van der Waals surface area contributed by atoms with Crippen molar-refractivity contribution in [2.75, 3.05) is 18.1 Å². The summed E-state index contributed by atoms with van der Waals surface area (Å²) < 4.78 is 38.0. The van der Waals surface area contributed by atoms with E-state index in [-0.39, 0.29) is 18.6 Å². The number of alkyl halides is 3. The lowest BCUT2D eigenvalue weighted by Crippen LogP contribution is -2.33. The second kappa shape index (κ2) is 6.79. The van der Waals surface area contributed by atoms with E-state index in [9.17, 15) is 23.1 Å². The number of carbonyl (C=O) groups excluding carboxylic acids is 1. The van der Waals surface area contributed by atoms with Crippen LogP contribution in [0.2, 0.25) is 0 Å². The monoisotopic (exact) mass is 351 g/mol. The van der Waals surface area contributed by atoms with E-state index in [4.69, 9.17) is 0 Å². The second-order valence-corrected chi connectivity index (χ2v) is 5.98. The number of aromatic nitrogens is 2. The molecule has 2 heterocycles. The molecule has 8 heteroatoms. The number of aliphatic hydroxyl groups is 1. The molecule has 0 bridgehead atoms. The average Bonchev–Trinajstić information content (AvgIpc) is 3.05. The molecule has 1 unspecified atom stereocenters. The highest BCUT2D eigenvalue weighted by Gasteiger charge is 2.35. The molecule has 2 aromatic rings. The quantitative estimate of drug-likeness (QED) is 0.858. The summed E-state index contributed by atoms with van der Waals surface area (Å²) in [6.07, 6.45) is -0.338. The van der Waals surface area contributed by atoms with Crippen LogP contribution in [0.15, 0.2) is 36.7 Å². The third-order valence-corrected chi connectivity index (χ3v) is 4.39. The normalized spacial score (nSPS) is 20.7. The van der Waals surface area contributed by atoms with E-state index < -0.39 is 11.7 Å². The molecule has 0 radical (unpaired) electrons. The molecule has 0 amide bonds. The van der Waals surface area contributed by atoms with Crippen molar-refractivity contribution < 1.29 is 23.1 Å². The Morgan fingerprint density at radius 1 is 1.20 bits per heavy atom. The molecule has 1 aliphatic heterocycles. The Hall–Kier alpha value is -2.48. The van der Waals surface area contributed by atoms with Crippen molar-refractivity contribution in [3.8, 4) is 0 Å². The van der Waals surface area contributed by atoms with Gasteiger partial charge in [-0.2, -0.15) is 13.2 Å². The van der Waals surface area contributed by atoms with E-state index in [2.05, 4.69) is 9.97 Å². The van der Waals surface area contributed by atoms with Crippen LogP contribution in [-0.4, -0.2) is 40.6 Å². The number of anilines is 1. The first-order valence-corrected chi connectivity index (χ1v) is 7.74. The summed E-state index contributed by atoms with van der Waals surface area (Å²) in [5.74, 6) is 0.354. The zero-order valence-electron chi connectivity index (χ0n) is 13.1. The molecule has 1 N–H and O–H groups in total. The molecule has 132 valence electrons. The third-order valence-electron chi connectivity index (χ3n) is 4.39. The molecule has 2 atom stereocenters. The summed E-state index contributed by atoms with van der Waals surface area (Å²) in [7, 11) is 0. The summed E-state index contributed by atoms with van der Waals surface area (Å²) in [5, 5.41) is 9.61. The molecular weight excluding hydrogens is 335 g/mol. The fraction of sp³-hybridized carbons (Fsp3) is 0.353. The van der Waals surface area contributed by atoms with Gasteiger partial charge in [-0.3, -0.25) is 4.79 Å². The maximum absolute atomic E-state index is 12.7. The standard InChI is InChI=1S/C17H16F3N3O2/c18-17(19,20)14-3-1-12(2-4-14)13-5-15(10-25)23(8-13)16-21-6-11(9-24)7-22-16/h1-4,6-7,9,13,15,25H,5,8,10H2/t13?,15-/m0/s1. The van der Waals surface area contributed by atoms with Crippen molar-refractivity contribution in [3.63, 3.8) is 0 Å². The van der Waals surface area contributed by atoms with E-state index >= 15 is 0 Å². The Bertz CT molecular complexity index is 732. The number of nitrogens with zero attached hydrogens (tertiary/aromatic N) is 3. The molecule has 1 aromatic heterocycles. The molecule has 5 nitrogen and oxygen atoms in total. The van der Waals surface area contributed by atoms with Crippen molar-refractivity contribution >= 4 is 12.2 Å². The van der Waals surface area contributed by atoms with Gasteiger partial charge in [0.25, 0.3) is 0 Å². The van der Waals surface area contributed by atoms with Gasteiger partial charge in [-0.15, -0.1) is 0 Å². The summed E-state index contributed by atoms with van der Waals surface area (Å²) in [5.41, 5.74) is 0.443. The molecule has 1 fully saturated rings. The number of halogens is 3. The first-order chi connectivity index (χ1) is 11.9. The summed E-state index contributed by atoms with van der Waals surface area (Å²) in [6, 6.07) is 4.86. The molecule has 1 aliphatic rings. The Morgan fingerprint density at radius 2 is 1.84 bits per heavy atom. The summed E-state index contributed by atoms with van der Waals surface area (Å²) >= 11 is 0. The van der Waals surface area contributed by atoms with Gasteiger partial charge in [-0.05, 0) is 24.1 Å². The molecule has 3 rings (SSSR count). The van der Waals surface area contributed by atoms with Gasteiger partial charge in [-0.1, -0.05) is 12.1 Å². The number of carbonyl (C=O) groups is 1. The highest BCUT2D eigenvalue weighted by atomic mass is 19.4. The van der Waals surface area contributed by atoms with Crippen LogP contribution in [0, 0.1) is 0 Å².